The van der Waals surface area contributed by atoms with E-state index in [1.807, 2.05) is 0 Å². The lowest BCUT2D eigenvalue weighted by Gasteiger charge is -1.93. The second kappa shape index (κ2) is 5.87. The Labute approximate surface area is 94.0 Å². The van der Waals surface area contributed by atoms with Gasteiger partial charge in [0.15, 0.2) is 0 Å². The van der Waals surface area contributed by atoms with Gasteiger partial charge in [-0.05, 0) is 0 Å². The van der Waals surface area contributed by atoms with Crippen molar-refractivity contribution in [1.29, 1.82) is 0 Å². The lowest BCUT2D eigenvalue weighted by atomic mass is 10.5. The zero-order chi connectivity index (χ0) is 13.6. The first-order chi connectivity index (χ1) is 7.62. The van der Waals surface area contributed by atoms with Gasteiger partial charge in [0.05, 0.1) is 11.9 Å². The minimum Gasteiger partial charge on any atom is -0.475 e. The lowest BCUT2D eigenvalue weighted by molar-refractivity contribution is -0.192. The highest BCUT2D eigenvalue weighted by atomic mass is 19.4. The fourth-order valence-electron chi connectivity index (χ4n) is 0.689. The van der Waals surface area contributed by atoms with E-state index >= 15 is 0 Å². The molecule has 0 aromatic carbocycles. The molecule has 0 saturated carbocycles. The molecule has 1 amide bonds. The minimum atomic E-state index is -5.08. The number of rotatable bonds is 1. The first kappa shape index (κ1) is 14.9. The number of nitrogens with zero attached hydrogens (tertiary/aromatic N) is 2. The fourth-order valence-corrected chi connectivity index (χ4v) is 0.689. The van der Waals surface area contributed by atoms with Crippen molar-refractivity contribution >= 4 is 17.6 Å². The first-order valence-corrected chi connectivity index (χ1v) is 4.19. The highest BCUT2D eigenvalue weighted by molar-refractivity contribution is 5.88. The van der Waals surface area contributed by atoms with Gasteiger partial charge in [0.25, 0.3) is 0 Å². The number of carbonyl (C=O) groups is 2. The van der Waals surface area contributed by atoms with Gasteiger partial charge in [0.2, 0.25) is 5.91 Å². The van der Waals surface area contributed by atoms with Crippen LogP contribution in [0.4, 0.5) is 18.9 Å². The normalized spacial score (nSPS) is 10.2. The summed E-state index contributed by atoms with van der Waals surface area (Å²) in [4.78, 5) is 19.4. The molecule has 0 spiro atoms. The Morgan fingerprint density at radius 2 is 1.94 bits per heavy atom. The molecule has 1 aromatic heterocycles. The molecule has 2 N–H and O–H groups in total. The number of anilines is 1. The molecule has 17 heavy (non-hydrogen) atoms. The summed E-state index contributed by atoms with van der Waals surface area (Å²) < 4.78 is 33.4. The summed E-state index contributed by atoms with van der Waals surface area (Å²) in [5.74, 6) is -2.83. The molecule has 0 aliphatic heterocycles. The van der Waals surface area contributed by atoms with Crippen molar-refractivity contribution in [3.8, 4) is 0 Å². The molecule has 96 valence electrons. The molecule has 1 heterocycles. The van der Waals surface area contributed by atoms with Crippen molar-refractivity contribution < 1.29 is 27.9 Å². The van der Waals surface area contributed by atoms with E-state index in [4.69, 9.17) is 9.90 Å². The van der Waals surface area contributed by atoms with Gasteiger partial charge in [-0.3, -0.25) is 9.48 Å². The number of aromatic nitrogens is 2. The molecule has 0 saturated heterocycles. The number of alkyl halides is 3. The van der Waals surface area contributed by atoms with Gasteiger partial charge in [-0.15, -0.1) is 0 Å². The smallest absolute Gasteiger partial charge is 0.475 e. The molecule has 1 rings (SSSR count). The van der Waals surface area contributed by atoms with Crippen LogP contribution in [0.1, 0.15) is 6.92 Å². The quantitative estimate of drug-likeness (QED) is 0.782. The maximum absolute atomic E-state index is 10.6. The summed E-state index contributed by atoms with van der Waals surface area (Å²) in [6, 6.07) is 0. The first-order valence-electron chi connectivity index (χ1n) is 4.19. The van der Waals surface area contributed by atoms with Gasteiger partial charge in [-0.2, -0.15) is 18.3 Å². The molecular formula is C8H10F3N3O3. The van der Waals surface area contributed by atoms with Gasteiger partial charge in [0.1, 0.15) is 0 Å². The molecule has 0 aliphatic rings. The van der Waals surface area contributed by atoms with Crippen molar-refractivity contribution in [3.05, 3.63) is 12.4 Å². The average Bonchev–Trinajstić information content (AvgIpc) is 2.49. The van der Waals surface area contributed by atoms with Crippen molar-refractivity contribution in [1.82, 2.24) is 9.78 Å². The Bertz CT molecular complexity index is 400. The zero-order valence-corrected chi connectivity index (χ0v) is 8.95. The summed E-state index contributed by atoms with van der Waals surface area (Å²) in [6.45, 7) is 1.47. The maximum Gasteiger partial charge on any atom is 0.490 e. The average molecular weight is 253 g/mol. The summed E-state index contributed by atoms with van der Waals surface area (Å²) in [5.41, 5.74) is 0.731. The van der Waals surface area contributed by atoms with Gasteiger partial charge >= 0.3 is 12.1 Å². The molecule has 0 radical (unpaired) electrons. The van der Waals surface area contributed by atoms with Crippen LogP contribution in [0.3, 0.4) is 0 Å². The molecule has 0 unspecified atom stereocenters. The Morgan fingerprint density at radius 1 is 1.47 bits per heavy atom. The number of aliphatic carboxylic acids is 1. The van der Waals surface area contributed by atoms with E-state index in [0.29, 0.717) is 0 Å². The number of aryl methyl sites for hydroxylation is 1. The predicted octanol–water partition coefficient (Wildman–Crippen LogP) is 1.01. The number of hydrogen-bond donors (Lipinski definition) is 2. The second-order valence-corrected chi connectivity index (χ2v) is 2.89. The zero-order valence-electron chi connectivity index (χ0n) is 8.95. The molecule has 0 fully saturated rings. The number of amides is 1. The number of carboxylic acid groups (broad SMARTS) is 1. The molecular weight excluding hydrogens is 243 g/mol. The highest BCUT2D eigenvalue weighted by Crippen LogP contribution is 2.13. The molecule has 1 aromatic rings. The van der Waals surface area contributed by atoms with Crippen molar-refractivity contribution in [2.24, 2.45) is 7.05 Å². The van der Waals surface area contributed by atoms with Crippen LogP contribution in [-0.2, 0) is 16.6 Å². The standard InChI is InChI=1S/C6H9N3O.C2HF3O2/c1-5(10)8-6-3-7-9(2)4-6;3-2(4,5)1(6)7/h3-4H,1-2H3,(H,8,10);(H,6,7). The Balaban J connectivity index is 0.000000325. The van der Waals surface area contributed by atoms with Crippen molar-refractivity contribution in [2.75, 3.05) is 5.32 Å². The van der Waals surface area contributed by atoms with Crippen LogP contribution >= 0.6 is 0 Å². The minimum absolute atomic E-state index is 0.0759. The third-order valence-corrected chi connectivity index (χ3v) is 1.27. The highest BCUT2D eigenvalue weighted by Gasteiger charge is 2.38. The number of carbonyl (C=O) groups excluding carboxylic acids is 1. The summed E-state index contributed by atoms with van der Waals surface area (Å²) >= 11 is 0. The molecule has 0 atom stereocenters. The molecule has 0 bridgehead atoms. The van der Waals surface area contributed by atoms with Crippen LogP contribution in [0.5, 0.6) is 0 Å². The van der Waals surface area contributed by atoms with Crippen LogP contribution in [0.15, 0.2) is 12.4 Å². The Hall–Kier alpha value is -2.06. The van der Waals surface area contributed by atoms with E-state index in [-0.39, 0.29) is 5.91 Å². The molecule has 6 nitrogen and oxygen atoms in total. The van der Waals surface area contributed by atoms with E-state index in [1.54, 1.807) is 24.1 Å². The largest absolute Gasteiger partial charge is 0.490 e. The number of hydrogen-bond acceptors (Lipinski definition) is 3. The fraction of sp³-hybridized carbons (Fsp3) is 0.375. The summed E-state index contributed by atoms with van der Waals surface area (Å²) in [6.07, 6.45) is -1.75. The van der Waals surface area contributed by atoms with E-state index < -0.39 is 12.1 Å². The number of nitrogens with one attached hydrogen (secondary N) is 1. The van der Waals surface area contributed by atoms with Gasteiger partial charge in [-0.1, -0.05) is 0 Å². The van der Waals surface area contributed by atoms with Crippen LogP contribution in [0.2, 0.25) is 0 Å². The summed E-state index contributed by atoms with van der Waals surface area (Å²) in [7, 11) is 1.80. The lowest BCUT2D eigenvalue weighted by Crippen LogP contribution is -2.21. The van der Waals surface area contributed by atoms with Crippen LogP contribution in [0.25, 0.3) is 0 Å². The maximum atomic E-state index is 10.6. The monoisotopic (exact) mass is 253 g/mol. The van der Waals surface area contributed by atoms with E-state index in [1.165, 1.54) is 6.92 Å². The Kier molecular flexibility index (Phi) is 5.16. The van der Waals surface area contributed by atoms with Gasteiger partial charge in [-0.25, -0.2) is 4.79 Å². The van der Waals surface area contributed by atoms with Crippen LogP contribution in [-0.4, -0.2) is 32.9 Å². The SMILES string of the molecule is CC(=O)Nc1cnn(C)c1.O=C(O)C(F)(F)F. The van der Waals surface area contributed by atoms with Crippen molar-refractivity contribution in [2.45, 2.75) is 13.1 Å². The number of halogens is 3. The van der Waals surface area contributed by atoms with E-state index in [0.717, 1.165) is 5.69 Å². The third kappa shape index (κ3) is 6.93. The molecule has 0 aliphatic carbocycles. The van der Waals surface area contributed by atoms with Crippen LogP contribution in [0, 0.1) is 0 Å². The second-order valence-electron chi connectivity index (χ2n) is 2.89. The van der Waals surface area contributed by atoms with Gasteiger partial charge in [0, 0.05) is 20.2 Å². The summed E-state index contributed by atoms with van der Waals surface area (Å²) in [5, 5.41) is 13.6. The Morgan fingerprint density at radius 3 is 2.18 bits per heavy atom. The van der Waals surface area contributed by atoms with Gasteiger partial charge < -0.3 is 10.4 Å². The topological polar surface area (TPSA) is 84.2 Å². The third-order valence-electron chi connectivity index (χ3n) is 1.27. The number of carboxylic acids is 1. The van der Waals surface area contributed by atoms with E-state index in [2.05, 4.69) is 10.4 Å². The van der Waals surface area contributed by atoms with E-state index in [9.17, 15) is 18.0 Å². The predicted molar refractivity (Wildman–Crippen MR) is 51.2 cm³/mol. The van der Waals surface area contributed by atoms with Crippen molar-refractivity contribution in [3.63, 3.8) is 0 Å². The molecule has 9 heteroatoms. The van der Waals surface area contributed by atoms with Crippen LogP contribution < -0.4 is 5.32 Å².